The van der Waals surface area contributed by atoms with Gasteiger partial charge >= 0.3 is 0 Å². The van der Waals surface area contributed by atoms with Crippen molar-refractivity contribution in [3.63, 3.8) is 0 Å². The average Bonchev–Trinajstić information content (AvgIpc) is 2.71. The molecule has 0 fully saturated rings. The molecule has 0 saturated heterocycles. The molecule has 1 aromatic rings. The molecule has 0 unspecified atom stereocenters. The van der Waals surface area contributed by atoms with E-state index in [4.69, 9.17) is 0 Å². The third-order valence-corrected chi connectivity index (χ3v) is 4.43. The number of benzene rings is 1. The van der Waals surface area contributed by atoms with Crippen molar-refractivity contribution in [1.82, 2.24) is 4.90 Å². The molecule has 0 aromatic heterocycles. The van der Waals surface area contributed by atoms with Crippen LogP contribution in [-0.4, -0.2) is 35.9 Å². The fourth-order valence-corrected chi connectivity index (χ4v) is 3.39. The molecular formula is C14H19NOS. The van der Waals surface area contributed by atoms with E-state index >= 15 is 0 Å². The Hall–Kier alpha value is -0.960. The van der Waals surface area contributed by atoms with Gasteiger partial charge in [-0.25, -0.2) is 0 Å². The number of hydrogen-bond donors (Lipinski definition) is 0. The van der Waals surface area contributed by atoms with Crippen LogP contribution in [0.15, 0.2) is 24.3 Å². The Morgan fingerprint density at radius 2 is 1.88 bits per heavy atom. The highest BCUT2D eigenvalue weighted by atomic mass is 32.2. The number of nitrogens with zero attached hydrogens (tertiary/aromatic N) is 1. The normalized spacial score (nSPS) is 14.7. The molecule has 17 heavy (non-hydrogen) atoms. The van der Waals surface area contributed by atoms with Crippen LogP contribution in [0.1, 0.15) is 17.5 Å². The Morgan fingerprint density at radius 3 is 2.41 bits per heavy atom. The summed E-state index contributed by atoms with van der Waals surface area (Å²) >= 11 is 1.94. The first-order chi connectivity index (χ1) is 8.16. The van der Waals surface area contributed by atoms with Crippen LogP contribution in [0.5, 0.6) is 0 Å². The first-order valence-electron chi connectivity index (χ1n) is 6.05. The predicted molar refractivity (Wildman–Crippen MR) is 73.4 cm³/mol. The number of carbonyl (C=O) groups excluding carboxylic acids is 1. The second-order valence-corrected chi connectivity index (χ2v) is 6.12. The van der Waals surface area contributed by atoms with Crippen molar-refractivity contribution in [2.24, 2.45) is 0 Å². The number of rotatable bonds is 4. The molecule has 2 rings (SSSR count). The lowest BCUT2D eigenvalue weighted by Crippen LogP contribution is -2.22. The van der Waals surface area contributed by atoms with Crippen molar-refractivity contribution in [3.05, 3.63) is 35.4 Å². The van der Waals surface area contributed by atoms with E-state index in [1.165, 1.54) is 11.1 Å². The fourth-order valence-electron chi connectivity index (χ4n) is 2.17. The van der Waals surface area contributed by atoms with Gasteiger partial charge in [-0.15, -0.1) is 0 Å². The van der Waals surface area contributed by atoms with Crippen LogP contribution in [0, 0.1) is 0 Å². The van der Waals surface area contributed by atoms with Crippen molar-refractivity contribution in [2.45, 2.75) is 24.5 Å². The molecule has 0 aliphatic heterocycles. The van der Waals surface area contributed by atoms with Gasteiger partial charge < -0.3 is 4.90 Å². The number of fused-ring (bicyclic) bond motifs is 1. The van der Waals surface area contributed by atoms with E-state index < -0.39 is 0 Å². The van der Waals surface area contributed by atoms with Crippen molar-refractivity contribution in [2.75, 3.05) is 19.8 Å². The maximum Gasteiger partial charge on any atom is 0.222 e. The van der Waals surface area contributed by atoms with Gasteiger partial charge in [-0.1, -0.05) is 24.3 Å². The van der Waals surface area contributed by atoms with E-state index in [1.54, 1.807) is 4.90 Å². The molecular weight excluding hydrogens is 230 g/mol. The Balaban J connectivity index is 1.75. The zero-order chi connectivity index (χ0) is 12.3. The van der Waals surface area contributed by atoms with Crippen molar-refractivity contribution in [1.29, 1.82) is 0 Å². The second-order valence-electron chi connectivity index (χ2n) is 4.71. The number of amides is 1. The van der Waals surface area contributed by atoms with Gasteiger partial charge in [-0.3, -0.25) is 4.79 Å². The molecule has 0 N–H and O–H groups in total. The Morgan fingerprint density at radius 1 is 1.29 bits per heavy atom. The lowest BCUT2D eigenvalue weighted by atomic mass is 10.1. The molecule has 0 heterocycles. The van der Waals surface area contributed by atoms with Gasteiger partial charge in [0.1, 0.15) is 0 Å². The molecule has 1 aliphatic carbocycles. The van der Waals surface area contributed by atoms with Crippen LogP contribution >= 0.6 is 11.8 Å². The van der Waals surface area contributed by atoms with Gasteiger partial charge in [0, 0.05) is 31.5 Å². The molecule has 0 saturated carbocycles. The highest BCUT2D eigenvalue weighted by Gasteiger charge is 2.21. The molecule has 2 nitrogen and oxygen atoms in total. The second kappa shape index (κ2) is 5.58. The van der Waals surface area contributed by atoms with Gasteiger partial charge in [-0.2, -0.15) is 11.8 Å². The largest absolute Gasteiger partial charge is 0.349 e. The summed E-state index contributed by atoms with van der Waals surface area (Å²) in [7, 11) is 3.64. The van der Waals surface area contributed by atoms with Gasteiger partial charge in [-0.05, 0) is 24.0 Å². The first-order valence-corrected chi connectivity index (χ1v) is 7.10. The Labute approximate surface area is 107 Å². The van der Waals surface area contributed by atoms with Crippen molar-refractivity contribution >= 4 is 17.7 Å². The lowest BCUT2D eigenvalue weighted by Gasteiger charge is -2.11. The van der Waals surface area contributed by atoms with Crippen LogP contribution in [0.25, 0.3) is 0 Å². The van der Waals surface area contributed by atoms with E-state index in [9.17, 15) is 4.79 Å². The smallest absolute Gasteiger partial charge is 0.222 e. The maximum absolute atomic E-state index is 11.4. The summed E-state index contributed by atoms with van der Waals surface area (Å²) in [5.41, 5.74) is 2.98. The van der Waals surface area contributed by atoms with E-state index in [-0.39, 0.29) is 5.91 Å². The van der Waals surface area contributed by atoms with E-state index in [0.29, 0.717) is 11.7 Å². The minimum atomic E-state index is 0.230. The fraction of sp³-hybridized carbons (Fsp3) is 0.500. The van der Waals surface area contributed by atoms with Crippen LogP contribution in [0.2, 0.25) is 0 Å². The van der Waals surface area contributed by atoms with Crippen LogP contribution in [0.4, 0.5) is 0 Å². The van der Waals surface area contributed by atoms with Crippen LogP contribution < -0.4 is 0 Å². The Bertz CT molecular complexity index is 378. The van der Waals surface area contributed by atoms with E-state index in [1.807, 2.05) is 25.9 Å². The summed E-state index contributed by atoms with van der Waals surface area (Å²) in [6.07, 6.45) is 2.98. The standard InChI is InChI=1S/C14H19NOS/c1-15(2)14(16)7-8-17-13-9-11-5-3-4-6-12(11)10-13/h3-6,13H,7-10H2,1-2H3. The van der Waals surface area contributed by atoms with E-state index in [2.05, 4.69) is 24.3 Å². The third kappa shape index (κ3) is 3.25. The summed E-state index contributed by atoms with van der Waals surface area (Å²) < 4.78 is 0. The molecule has 0 radical (unpaired) electrons. The summed E-state index contributed by atoms with van der Waals surface area (Å²) in [5.74, 6) is 1.17. The predicted octanol–water partition coefficient (Wildman–Crippen LogP) is 2.37. The van der Waals surface area contributed by atoms with Crippen LogP contribution in [0.3, 0.4) is 0 Å². The minimum absolute atomic E-state index is 0.230. The van der Waals surface area contributed by atoms with Gasteiger partial charge in [0.25, 0.3) is 0 Å². The number of hydrogen-bond acceptors (Lipinski definition) is 2. The number of thioether (sulfide) groups is 1. The molecule has 0 atom stereocenters. The highest BCUT2D eigenvalue weighted by Crippen LogP contribution is 2.30. The molecule has 0 bridgehead atoms. The van der Waals surface area contributed by atoms with E-state index in [0.717, 1.165) is 18.6 Å². The summed E-state index contributed by atoms with van der Waals surface area (Å²) in [6.45, 7) is 0. The SMILES string of the molecule is CN(C)C(=O)CCSC1Cc2ccccc2C1. The summed E-state index contributed by atoms with van der Waals surface area (Å²) in [6, 6.07) is 8.67. The van der Waals surface area contributed by atoms with Gasteiger partial charge in [0.2, 0.25) is 5.91 Å². The third-order valence-electron chi connectivity index (χ3n) is 3.18. The quantitative estimate of drug-likeness (QED) is 0.816. The summed E-state index contributed by atoms with van der Waals surface area (Å²) in [4.78, 5) is 13.1. The highest BCUT2D eigenvalue weighted by molar-refractivity contribution is 7.99. The molecule has 92 valence electrons. The van der Waals surface area contributed by atoms with Crippen molar-refractivity contribution in [3.8, 4) is 0 Å². The Kier molecular flexibility index (Phi) is 4.11. The molecule has 0 spiro atoms. The molecule has 1 amide bonds. The van der Waals surface area contributed by atoms with Gasteiger partial charge in [0.05, 0.1) is 0 Å². The average molecular weight is 249 g/mol. The zero-order valence-electron chi connectivity index (χ0n) is 10.5. The summed E-state index contributed by atoms with van der Waals surface area (Å²) in [5, 5.41) is 0.669. The van der Waals surface area contributed by atoms with Gasteiger partial charge in [0.15, 0.2) is 0 Å². The maximum atomic E-state index is 11.4. The van der Waals surface area contributed by atoms with Crippen LogP contribution in [-0.2, 0) is 17.6 Å². The van der Waals surface area contributed by atoms with Crippen molar-refractivity contribution < 1.29 is 4.79 Å². The number of carbonyl (C=O) groups is 1. The molecule has 1 aliphatic rings. The first kappa shape index (κ1) is 12.5. The molecule has 1 aromatic carbocycles. The topological polar surface area (TPSA) is 20.3 Å². The molecule has 3 heteroatoms. The lowest BCUT2D eigenvalue weighted by molar-refractivity contribution is -0.128. The monoisotopic (exact) mass is 249 g/mol. The zero-order valence-corrected chi connectivity index (χ0v) is 11.3. The minimum Gasteiger partial charge on any atom is -0.349 e.